The molecule has 4 heteroatoms. The Labute approximate surface area is 75.0 Å². The lowest BCUT2D eigenvalue weighted by atomic mass is 10.1. The molecular weight excluding hydrogens is 169 g/mol. The van der Waals surface area contributed by atoms with E-state index in [-0.39, 0.29) is 5.82 Å². The summed E-state index contributed by atoms with van der Waals surface area (Å²) in [7, 11) is 1.79. The van der Waals surface area contributed by atoms with Crippen LogP contribution in [-0.2, 0) is 0 Å². The highest BCUT2D eigenvalue weighted by molar-refractivity contribution is 5.90. The minimum absolute atomic E-state index is 0.209. The SMILES string of the molecule is CNc1n[nH]c2cc(F)c(C)cc12. The molecule has 0 saturated carbocycles. The van der Waals surface area contributed by atoms with Crippen molar-refractivity contribution in [3.63, 3.8) is 0 Å². The molecule has 0 amide bonds. The average Bonchev–Trinajstić information content (AvgIpc) is 2.48. The molecule has 1 heterocycles. The van der Waals surface area contributed by atoms with Crippen LogP contribution in [0.2, 0.25) is 0 Å². The van der Waals surface area contributed by atoms with Crippen molar-refractivity contribution >= 4 is 16.7 Å². The van der Waals surface area contributed by atoms with Crippen molar-refractivity contribution in [3.05, 3.63) is 23.5 Å². The van der Waals surface area contributed by atoms with E-state index >= 15 is 0 Å². The van der Waals surface area contributed by atoms with Crippen LogP contribution in [0.4, 0.5) is 10.2 Å². The molecule has 68 valence electrons. The minimum Gasteiger partial charge on any atom is -0.371 e. The lowest BCUT2D eigenvalue weighted by molar-refractivity contribution is 0.620. The highest BCUT2D eigenvalue weighted by Crippen LogP contribution is 2.22. The van der Waals surface area contributed by atoms with Crippen LogP contribution in [0.25, 0.3) is 10.9 Å². The van der Waals surface area contributed by atoms with Crippen LogP contribution in [0.3, 0.4) is 0 Å². The Morgan fingerprint density at radius 1 is 1.46 bits per heavy atom. The fourth-order valence-electron chi connectivity index (χ4n) is 1.34. The molecule has 3 nitrogen and oxygen atoms in total. The maximum atomic E-state index is 13.1. The quantitative estimate of drug-likeness (QED) is 0.703. The van der Waals surface area contributed by atoms with E-state index in [1.165, 1.54) is 6.07 Å². The van der Waals surface area contributed by atoms with Crippen molar-refractivity contribution in [2.75, 3.05) is 12.4 Å². The molecule has 0 saturated heterocycles. The van der Waals surface area contributed by atoms with E-state index in [1.54, 1.807) is 20.0 Å². The van der Waals surface area contributed by atoms with Gasteiger partial charge in [0.15, 0.2) is 5.82 Å². The predicted octanol–water partition coefficient (Wildman–Crippen LogP) is 2.05. The Hall–Kier alpha value is -1.58. The molecular formula is C9H10FN3. The van der Waals surface area contributed by atoms with Gasteiger partial charge in [-0.2, -0.15) is 5.10 Å². The summed E-state index contributed by atoms with van der Waals surface area (Å²) >= 11 is 0. The largest absolute Gasteiger partial charge is 0.371 e. The Morgan fingerprint density at radius 2 is 2.23 bits per heavy atom. The standard InChI is InChI=1S/C9H10FN3/c1-5-3-6-8(4-7(5)10)12-13-9(6)11-2/h3-4H,1-2H3,(H2,11,12,13). The van der Waals surface area contributed by atoms with Crippen LogP contribution in [0, 0.1) is 12.7 Å². The average molecular weight is 179 g/mol. The van der Waals surface area contributed by atoms with Gasteiger partial charge in [-0.1, -0.05) is 0 Å². The molecule has 2 N–H and O–H groups in total. The summed E-state index contributed by atoms with van der Waals surface area (Å²) in [6.45, 7) is 1.74. The Bertz CT molecular complexity index is 447. The first kappa shape index (κ1) is 8.04. The number of rotatable bonds is 1. The number of hydrogen-bond donors (Lipinski definition) is 2. The smallest absolute Gasteiger partial charge is 0.155 e. The summed E-state index contributed by atoms with van der Waals surface area (Å²) in [5, 5.41) is 10.6. The molecule has 0 aliphatic heterocycles. The van der Waals surface area contributed by atoms with E-state index in [1.807, 2.05) is 0 Å². The lowest BCUT2D eigenvalue weighted by Gasteiger charge is -1.97. The minimum atomic E-state index is -0.209. The summed E-state index contributed by atoms with van der Waals surface area (Å²) in [6.07, 6.45) is 0. The molecule has 0 radical (unpaired) electrons. The summed E-state index contributed by atoms with van der Waals surface area (Å²) in [6, 6.07) is 3.23. The van der Waals surface area contributed by atoms with Crippen molar-refractivity contribution in [3.8, 4) is 0 Å². The molecule has 0 spiro atoms. The number of hydrogen-bond acceptors (Lipinski definition) is 2. The van der Waals surface area contributed by atoms with Crippen LogP contribution >= 0.6 is 0 Å². The number of fused-ring (bicyclic) bond motifs is 1. The van der Waals surface area contributed by atoms with Crippen LogP contribution in [0.1, 0.15) is 5.56 Å². The first-order valence-corrected chi connectivity index (χ1v) is 4.04. The number of nitrogens with zero attached hydrogens (tertiary/aromatic N) is 1. The van der Waals surface area contributed by atoms with Gasteiger partial charge in [0.2, 0.25) is 0 Å². The van der Waals surface area contributed by atoms with Gasteiger partial charge in [0.25, 0.3) is 0 Å². The van der Waals surface area contributed by atoms with Gasteiger partial charge in [-0.05, 0) is 24.6 Å². The van der Waals surface area contributed by atoms with Crippen molar-refractivity contribution in [1.29, 1.82) is 0 Å². The van der Waals surface area contributed by atoms with Crippen molar-refractivity contribution in [2.45, 2.75) is 6.92 Å². The Kier molecular flexibility index (Phi) is 1.69. The highest BCUT2D eigenvalue weighted by atomic mass is 19.1. The Balaban J connectivity index is 2.77. The number of aromatic nitrogens is 2. The molecule has 0 bridgehead atoms. The number of anilines is 1. The number of nitrogens with one attached hydrogen (secondary N) is 2. The molecule has 1 aromatic carbocycles. The van der Waals surface area contributed by atoms with Gasteiger partial charge in [0.05, 0.1) is 5.52 Å². The molecule has 2 rings (SSSR count). The number of H-pyrrole nitrogens is 1. The van der Waals surface area contributed by atoms with Gasteiger partial charge >= 0.3 is 0 Å². The van der Waals surface area contributed by atoms with Gasteiger partial charge in [0.1, 0.15) is 5.82 Å². The molecule has 0 fully saturated rings. The lowest BCUT2D eigenvalue weighted by Crippen LogP contribution is -1.88. The summed E-state index contributed by atoms with van der Waals surface area (Å²) < 4.78 is 13.1. The van der Waals surface area contributed by atoms with Crippen molar-refractivity contribution in [1.82, 2.24) is 10.2 Å². The molecule has 0 aliphatic rings. The number of benzene rings is 1. The second-order valence-corrected chi connectivity index (χ2v) is 2.97. The first-order chi connectivity index (χ1) is 6.22. The third-order valence-electron chi connectivity index (χ3n) is 2.08. The summed E-state index contributed by atoms with van der Waals surface area (Å²) in [5.41, 5.74) is 1.35. The third-order valence-corrected chi connectivity index (χ3v) is 2.08. The van der Waals surface area contributed by atoms with Gasteiger partial charge in [0, 0.05) is 12.4 Å². The number of halogens is 1. The molecule has 1 aromatic heterocycles. The Morgan fingerprint density at radius 3 is 2.92 bits per heavy atom. The summed E-state index contributed by atoms with van der Waals surface area (Å²) in [4.78, 5) is 0. The molecule has 0 unspecified atom stereocenters. The zero-order valence-electron chi connectivity index (χ0n) is 7.48. The van der Waals surface area contributed by atoms with E-state index in [4.69, 9.17) is 0 Å². The van der Waals surface area contributed by atoms with Crippen molar-refractivity contribution < 1.29 is 4.39 Å². The van der Waals surface area contributed by atoms with Crippen molar-refractivity contribution in [2.24, 2.45) is 0 Å². The molecule has 0 atom stereocenters. The van der Waals surface area contributed by atoms with E-state index < -0.39 is 0 Å². The van der Waals surface area contributed by atoms with Crippen LogP contribution in [0.15, 0.2) is 12.1 Å². The fourth-order valence-corrected chi connectivity index (χ4v) is 1.34. The number of aromatic amines is 1. The normalized spacial score (nSPS) is 10.7. The highest BCUT2D eigenvalue weighted by Gasteiger charge is 2.06. The fraction of sp³-hybridized carbons (Fsp3) is 0.222. The van der Waals surface area contributed by atoms with Gasteiger partial charge in [-0.15, -0.1) is 0 Å². The molecule has 13 heavy (non-hydrogen) atoms. The van der Waals surface area contributed by atoms with E-state index in [2.05, 4.69) is 15.5 Å². The third kappa shape index (κ3) is 1.14. The molecule has 0 aliphatic carbocycles. The maximum Gasteiger partial charge on any atom is 0.155 e. The monoisotopic (exact) mass is 179 g/mol. The second-order valence-electron chi connectivity index (χ2n) is 2.97. The summed E-state index contributed by atoms with van der Waals surface area (Å²) in [5.74, 6) is 0.539. The zero-order valence-corrected chi connectivity index (χ0v) is 7.48. The first-order valence-electron chi connectivity index (χ1n) is 4.04. The van der Waals surface area contributed by atoms with Crippen LogP contribution < -0.4 is 5.32 Å². The van der Waals surface area contributed by atoms with Crippen LogP contribution in [0.5, 0.6) is 0 Å². The van der Waals surface area contributed by atoms with Gasteiger partial charge in [-0.3, -0.25) is 5.10 Å². The second kappa shape index (κ2) is 2.73. The predicted molar refractivity (Wildman–Crippen MR) is 50.3 cm³/mol. The van der Waals surface area contributed by atoms with E-state index in [0.717, 1.165) is 11.2 Å². The number of aryl methyl sites for hydroxylation is 1. The van der Waals surface area contributed by atoms with Crippen LogP contribution in [-0.4, -0.2) is 17.2 Å². The van der Waals surface area contributed by atoms with Gasteiger partial charge in [-0.25, -0.2) is 4.39 Å². The van der Waals surface area contributed by atoms with Gasteiger partial charge < -0.3 is 5.32 Å². The maximum absolute atomic E-state index is 13.1. The zero-order chi connectivity index (χ0) is 9.42. The van der Waals surface area contributed by atoms with E-state index in [9.17, 15) is 4.39 Å². The van der Waals surface area contributed by atoms with E-state index in [0.29, 0.717) is 11.1 Å². The molecule has 2 aromatic rings. The topological polar surface area (TPSA) is 40.7 Å².